The smallest absolute Gasteiger partial charge is 0.307 e. The number of benzene rings is 1. The van der Waals surface area contributed by atoms with Crippen LogP contribution < -0.4 is 0 Å². The van der Waals surface area contributed by atoms with E-state index in [0.717, 1.165) is 23.1 Å². The van der Waals surface area contributed by atoms with Gasteiger partial charge in [-0.2, -0.15) is 5.21 Å². The predicted molar refractivity (Wildman–Crippen MR) is 96.3 cm³/mol. The minimum Gasteiger partial charge on any atom is -0.481 e. The lowest BCUT2D eigenvalue weighted by atomic mass is 9.82. The van der Waals surface area contributed by atoms with Crippen LogP contribution in [0.25, 0.3) is 11.1 Å². The Balaban J connectivity index is 1.99. The van der Waals surface area contributed by atoms with Gasteiger partial charge in [0.05, 0.1) is 5.92 Å². The molecule has 2 heterocycles. The van der Waals surface area contributed by atoms with E-state index >= 15 is 0 Å². The van der Waals surface area contributed by atoms with Crippen molar-refractivity contribution in [2.75, 3.05) is 0 Å². The molecule has 1 aromatic carbocycles. The highest BCUT2D eigenvalue weighted by Gasteiger charge is 2.32. The molecule has 0 fully saturated rings. The summed E-state index contributed by atoms with van der Waals surface area (Å²) in [5, 5.41) is 24.0. The number of nitrogens with zero attached hydrogens (tertiary/aromatic N) is 4. The lowest BCUT2D eigenvalue weighted by Crippen LogP contribution is -2.25. The number of H-pyrrole nitrogens is 1. The van der Waals surface area contributed by atoms with Crippen molar-refractivity contribution in [2.24, 2.45) is 5.92 Å². The highest BCUT2D eigenvalue weighted by molar-refractivity contribution is 5.72. The number of carboxylic acids is 1. The minimum absolute atomic E-state index is 0.357. The van der Waals surface area contributed by atoms with E-state index in [1.165, 1.54) is 0 Å². The van der Waals surface area contributed by atoms with E-state index in [9.17, 15) is 9.90 Å². The molecule has 0 saturated heterocycles. The van der Waals surface area contributed by atoms with Crippen molar-refractivity contribution in [3.8, 4) is 11.1 Å². The van der Waals surface area contributed by atoms with Crippen molar-refractivity contribution < 1.29 is 9.90 Å². The van der Waals surface area contributed by atoms with E-state index in [1.807, 2.05) is 49.5 Å². The summed E-state index contributed by atoms with van der Waals surface area (Å²) in [4.78, 5) is 16.1. The molecule has 0 bridgehead atoms. The van der Waals surface area contributed by atoms with Gasteiger partial charge in [-0.1, -0.05) is 48.9 Å². The molecule has 26 heavy (non-hydrogen) atoms. The van der Waals surface area contributed by atoms with E-state index in [-0.39, 0.29) is 5.92 Å². The zero-order valence-electron chi connectivity index (χ0n) is 14.5. The lowest BCUT2D eigenvalue weighted by Gasteiger charge is -2.22. The summed E-state index contributed by atoms with van der Waals surface area (Å²) in [5.41, 5.74) is 3.07. The molecule has 0 aliphatic carbocycles. The molecule has 7 heteroatoms. The van der Waals surface area contributed by atoms with Crippen LogP contribution in [0.1, 0.15) is 37.1 Å². The van der Waals surface area contributed by atoms with Gasteiger partial charge in [-0.05, 0) is 30.0 Å². The number of tetrazole rings is 1. The maximum atomic E-state index is 11.9. The molecule has 0 saturated carbocycles. The third kappa shape index (κ3) is 3.93. The SMILES string of the molecule is CCCC(C(=O)O)C(Cc1ccccc1-c1cccnc1)c1nn[nH]n1. The van der Waals surface area contributed by atoms with Crippen LogP contribution in [0.5, 0.6) is 0 Å². The Morgan fingerprint density at radius 3 is 2.73 bits per heavy atom. The van der Waals surface area contributed by atoms with Gasteiger partial charge < -0.3 is 5.11 Å². The fourth-order valence-electron chi connectivity index (χ4n) is 3.29. The van der Waals surface area contributed by atoms with Crippen LogP contribution in [0.4, 0.5) is 0 Å². The van der Waals surface area contributed by atoms with Gasteiger partial charge in [0.2, 0.25) is 0 Å². The van der Waals surface area contributed by atoms with E-state index in [0.29, 0.717) is 18.7 Å². The molecule has 7 nitrogen and oxygen atoms in total. The Hall–Kier alpha value is -3.09. The normalized spacial score (nSPS) is 13.3. The van der Waals surface area contributed by atoms with Gasteiger partial charge >= 0.3 is 5.97 Å². The summed E-state index contributed by atoms with van der Waals surface area (Å²) in [6.45, 7) is 1.98. The zero-order valence-corrected chi connectivity index (χ0v) is 14.5. The summed E-state index contributed by atoms with van der Waals surface area (Å²) in [6.07, 6.45) is 5.39. The number of nitrogens with one attached hydrogen (secondary N) is 1. The molecule has 2 N–H and O–H groups in total. The first-order valence-corrected chi connectivity index (χ1v) is 8.65. The minimum atomic E-state index is -0.833. The number of pyridine rings is 1. The first-order chi connectivity index (χ1) is 12.7. The van der Waals surface area contributed by atoms with Gasteiger partial charge in [-0.3, -0.25) is 9.78 Å². The third-order valence-corrected chi connectivity index (χ3v) is 4.53. The van der Waals surface area contributed by atoms with Crippen molar-refractivity contribution in [1.29, 1.82) is 0 Å². The summed E-state index contributed by atoms with van der Waals surface area (Å²) in [5.74, 6) is -1.32. The fraction of sp³-hybridized carbons (Fsp3) is 0.316. The van der Waals surface area contributed by atoms with Crippen molar-refractivity contribution in [3.63, 3.8) is 0 Å². The maximum Gasteiger partial charge on any atom is 0.307 e. The van der Waals surface area contributed by atoms with Crippen molar-refractivity contribution in [3.05, 3.63) is 60.2 Å². The number of rotatable bonds is 8. The second kappa shape index (κ2) is 8.33. The molecule has 3 rings (SSSR count). The van der Waals surface area contributed by atoms with Gasteiger partial charge in [0.15, 0.2) is 5.82 Å². The first-order valence-electron chi connectivity index (χ1n) is 8.65. The van der Waals surface area contributed by atoms with Crippen LogP contribution in [0.3, 0.4) is 0 Å². The van der Waals surface area contributed by atoms with Gasteiger partial charge in [-0.15, -0.1) is 10.2 Å². The lowest BCUT2D eigenvalue weighted by molar-refractivity contribution is -0.142. The summed E-state index contributed by atoms with van der Waals surface area (Å²) in [7, 11) is 0. The molecule has 3 aromatic rings. The second-order valence-corrected chi connectivity index (χ2v) is 6.21. The number of aromatic nitrogens is 5. The van der Waals surface area contributed by atoms with Crippen molar-refractivity contribution >= 4 is 5.97 Å². The molecule has 2 unspecified atom stereocenters. The molecule has 0 spiro atoms. The molecular formula is C19H21N5O2. The third-order valence-electron chi connectivity index (χ3n) is 4.53. The van der Waals surface area contributed by atoms with Crippen LogP contribution in [-0.4, -0.2) is 36.7 Å². The second-order valence-electron chi connectivity index (χ2n) is 6.21. The van der Waals surface area contributed by atoms with E-state index < -0.39 is 11.9 Å². The molecule has 0 radical (unpaired) electrons. The number of hydrogen-bond acceptors (Lipinski definition) is 5. The molecule has 2 aromatic heterocycles. The van der Waals surface area contributed by atoms with E-state index in [4.69, 9.17) is 0 Å². The highest BCUT2D eigenvalue weighted by atomic mass is 16.4. The summed E-state index contributed by atoms with van der Waals surface area (Å²) in [6, 6.07) is 11.8. The Bertz CT molecular complexity index is 836. The van der Waals surface area contributed by atoms with Crippen LogP contribution in [0.2, 0.25) is 0 Å². The summed E-state index contributed by atoms with van der Waals surface area (Å²) >= 11 is 0. The number of aromatic amines is 1. The molecule has 0 amide bonds. The van der Waals surface area contributed by atoms with E-state index in [1.54, 1.807) is 6.20 Å². The molecular weight excluding hydrogens is 330 g/mol. The predicted octanol–water partition coefficient (Wildman–Crippen LogP) is 3.09. The quantitative estimate of drug-likeness (QED) is 0.646. The maximum absolute atomic E-state index is 11.9. The van der Waals surface area contributed by atoms with Gasteiger partial charge in [0.25, 0.3) is 0 Å². The monoisotopic (exact) mass is 351 g/mol. The molecule has 134 valence electrons. The van der Waals surface area contributed by atoms with Crippen LogP contribution in [-0.2, 0) is 11.2 Å². The number of aliphatic carboxylic acids is 1. The van der Waals surface area contributed by atoms with Gasteiger partial charge in [0.1, 0.15) is 0 Å². The Kier molecular flexibility index (Phi) is 5.68. The Morgan fingerprint density at radius 1 is 1.23 bits per heavy atom. The van der Waals surface area contributed by atoms with Crippen LogP contribution in [0.15, 0.2) is 48.8 Å². The summed E-state index contributed by atoms with van der Waals surface area (Å²) < 4.78 is 0. The average molecular weight is 351 g/mol. The number of carboxylic acid groups (broad SMARTS) is 1. The highest BCUT2D eigenvalue weighted by Crippen LogP contribution is 2.33. The van der Waals surface area contributed by atoms with Gasteiger partial charge in [0, 0.05) is 23.9 Å². The topological polar surface area (TPSA) is 105 Å². The van der Waals surface area contributed by atoms with Crippen molar-refractivity contribution in [1.82, 2.24) is 25.6 Å². The molecule has 0 aliphatic heterocycles. The first kappa shape index (κ1) is 17.7. The Morgan fingerprint density at radius 2 is 2.08 bits per heavy atom. The fourth-order valence-corrected chi connectivity index (χ4v) is 3.29. The Labute approximate surface area is 151 Å². The number of hydrogen-bond donors (Lipinski definition) is 2. The van der Waals surface area contributed by atoms with Crippen LogP contribution in [0, 0.1) is 5.92 Å². The largest absolute Gasteiger partial charge is 0.481 e. The molecule has 0 aliphatic rings. The van der Waals surface area contributed by atoms with Crippen molar-refractivity contribution in [2.45, 2.75) is 32.1 Å². The number of carbonyl (C=O) groups is 1. The van der Waals surface area contributed by atoms with E-state index in [2.05, 4.69) is 25.6 Å². The average Bonchev–Trinajstić information content (AvgIpc) is 3.20. The standard InChI is InChI=1S/C19H21N5O2/c1-2-6-16(19(25)26)17(18-21-23-24-22-18)11-13-7-3-4-9-15(13)14-8-5-10-20-12-14/h3-5,7-10,12,16-17H,2,6,11H2,1H3,(H,25,26)(H,21,22,23,24). The van der Waals surface area contributed by atoms with Crippen LogP contribution >= 0.6 is 0 Å². The zero-order chi connectivity index (χ0) is 18.4. The molecule has 2 atom stereocenters. The van der Waals surface area contributed by atoms with Gasteiger partial charge in [-0.25, -0.2) is 0 Å².